The molecule has 17 heavy (non-hydrogen) atoms. The van der Waals surface area contributed by atoms with Gasteiger partial charge in [-0.15, -0.1) is 0 Å². The molecule has 0 spiro atoms. The van der Waals surface area contributed by atoms with Gasteiger partial charge in [-0.25, -0.2) is 8.42 Å². The zero-order chi connectivity index (χ0) is 13.5. The summed E-state index contributed by atoms with van der Waals surface area (Å²) in [5.74, 6) is 0.0617. The molecule has 0 aromatic heterocycles. The monoisotopic (exact) mass is 264 g/mol. The van der Waals surface area contributed by atoms with Crippen LogP contribution in [0.5, 0.6) is 0 Å². The van der Waals surface area contributed by atoms with Crippen molar-refractivity contribution in [2.45, 2.75) is 33.1 Å². The molecular formula is C11H24N2O3S. The number of hydrogen-bond donors (Lipinski definition) is 1. The van der Waals surface area contributed by atoms with Gasteiger partial charge in [0.1, 0.15) is 6.34 Å². The van der Waals surface area contributed by atoms with Gasteiger partial charge in [0.15, 0.2) is 0 Å². The lowest BCUT2D eigenvalue weighted by Crippen LogP contribution is -2.16. The molecule has 0 bridgehead atoms. The summed E-state index contributed by atoms with van der Waals surface area (Å²) < 4.78 is 26.6. The number of nitrogens with zero attached hydrogens (tertiary/aromatic N) is 2. The maximum absolute atomic E-state index is 11.5. The standard InChI is InChI=1S/C11H24N2O3S/c1-11(2,7-8-14)6-5-9-17(15,16)12-10-13(3)4/h10,14H,5-9H2,1-4H3. The van der Waals surface area contributed by atoms with Gasteiger partial charge in [0.05, 0.1) is 5.75 Å². The van der Waals surface area contributed by atoms with E-state index in [-0.39, 0.29) is 17.8 Å². The summed E-state index contributed by atoms with van der Waals surface area (Å²) in [5.41, 5.74) is -0.0183. The van der Waals surface area contributed by atoms with Gasteiger partial charge in [0, 0.05) is 20.7 Å². The van der Waals surface area contributed by atoms with Crippen LogP contribution in [0.4, 0.5) is 0 Å². The molecule has 0 rings (SSSR count). The molecule has 0 aliphatic rings. The van der Waals surface area contributed by atoms with Gasteiger partial charge in [-0.2, -0.15) is 4.40 Å². The minimum absolute atomic E-state index is 0.0183. The molecule has 6 heteroatoms. The maximum Gasteiger partial charge on any atom is 0.254 e. The lowest BCUT2D eigenvalue weighted by atomic mass is 9.85. The Kier molecular flexibility index (Phi) is 6.70. The molecule has 0 saturated carbocycles. The average Bonchev–Trinajstić information content (AvgIpc) is 2.14. The van der Waals surface area contributed by atoms with E-state index in [2.05, 4.69) is 4.40 Å². The van der Waals surface area contributed by atoms with Crippen LogP contribution in [0.25, 0.3) is 0 Å². The van der Waals surface area contributed by atoms with Crippen LogP contribution >= 0.6 is 0 Å². The number of sulfonamides is 1. The van der Waals surface area contributed by atoms with Gasteiger partial charge in [0.25, 0.3) is 10.0 Å². The van der Waals surface area contributed by atoms with Crippen LogP contribution < -0.4 is 0 Å². The third kappa shape index (κ3) is 9.12. The number of hydrogen-bond acceptors (Lipinski definition) is 3. The van der Waals surface area contributed by atoms with Crippen LogP contribution in [0.2, 0.25) is 0 Å². The van der Waals surface area contributed by atoms with Crippen molar-refractivity contribution in [3.8, 4) is 0 Å². The van der Waals surface area contributed by atoms with Crippen molar-refractivity contribution < 1.29 is 13.5 Å². The van der Waals surface area contributed by atoms with Gasteiger partial charge in [0.2, 0.25) is 0 Å². The first-order valence-electron chi connectivity index (χ1n) is 5.74. The van der Waals surface area contributed by atoms with E-state index in [4.69, 9.17) is 5.11 Å². The number of rotatable bonds is 8. The highest BCUT2D eigenvalue weighted by molar-refractivity contribution is 7.90. The summed E-state index contributed by atoms with van der Waals surface area (Å²) in [6, 6.07) is 0. The number of aliphatic hydroxyl groups is 1. The second-order valence-electron chi connectivity index (χ2n) is 5.21. The zero-order valence-corrected chi connectivity index (χ0v) is 12.0. The van der Waals surface area contributed by atoms with Gasteiger partial charge in [-0.1, -0.05) is 13.8 Å². The van der Waals surface area contributed by atoms with E-state index in [0.717, 1.165) is 6.42 Å². The van der Waals surface area contributed by atoms with Crippen molar-refractivity contribution in [2.75, 3.05) is 26.5 Å². The first-order valence-corrected chi connectivity index (χ1v) is 7.35. The van der Waals surface area contributed by atoms with Crippen molar-refractivity contribution in [3.63, 3.8) is 0 Å². The van der Waals surface area contributed by atoms with Crippen molar-refractivity contribution in [1.82, 2.24) is 4.90 Å². The van der Waals surface area contributed by atoms with Crippen LogP contribution in [0.15, 0.2) is 4.40 Å². The Morgan fingerprint density at radius 3 is 2.35 bits per heavy atom. The first kappa shape index (κ1) is 16.4. The lowest BCUT2D eigenvalue weighted by molar-refractivity contribution is 0.201. The zero-order valence-electron chi connectivity index (χ0n) is 11.2. The molecule has 0 atom stereocenters. The summed E-state index contributed by atoms with van der Waals surface area (Å²) in [4.78, 5) is 1.59. The van der Waals surface area contributed by atoms with Crippen molar-refractivity contribution in [1.29, 1.82) is 0 Å². The largest absolute Gasteiger partial charge is 0.396 e. The molecule has 0 amide bonds. The van der Waals surface area contributed by atoms with E-state index in [1.54, 1.807) is 19.0 Å². The van der Waals surface area contributed by atoms with Crippen LogP contribution in [-0.4, -0.2) is 51.2 Å². The van der Waals surface area contributed by atoms with Gasteiger partial charge < -0.3 is 10.0 Å². The first-order chi connectivity index (χ1) is 7.68. The quantitative estimate of drug-likeness (QED) is 0.526. The normalized spacial score (nSPS) is 13.2. The SMILES string of the molecule is CN(C)C=NS(=O)(=O)CCCC(C)(C)CCO. The second-order valence-corrected chi connectivity index (χ2v) is 6.99. The van der Waals surface area contributed by atoms with Gasteiger partial charge >= 0.3 is 0 Å². The van der Waals surface area contributed by atoms with Crippen LogP contribution in [0.3, 0.4) is 0 Å². The highest BCUT2D eigenvalue weighted by Gasteiger charge is 2.18. The molecular weight excluding hydrogens is 240 g/mol. The molecule has 0 unspecified atom stereocenters. The maximum atomic E-state index is 11.5. The van der Waals surface area contributed by atoms with Crippen LogP contribution in [0, 0.1) is 5.41 Å². The predicted molar refractivity (Wildman–Crippen MR) is 70.7 cm³/mol. The molecule has 0 fully saturated rings. The van der Waals surface area contributed by atoms with Crippen molar-refractivity contribution in [3.05, 3.63) is 0 Å². The molecule has 102 valence electrons. The Hall–Kier alpha value is -0.620. The topological polar surface area (TPSA) is 70.0 Å². The van der Waals surface area contributed by atoms with Crippen LogP contribution in [0.1, 0.15) is 33.1 Å². The molecule has 0 aromatic rings. The van der Waals surface area contributed by atoms with Crippen LogP contribution in [-0.2, 0) is 10.0 Å². The second kappa shape index (κ2) is 6.96. The van der Waals surface area contributed by atoms with E-state index in [0.29, 0.717) is 12.8 Å². The molecule has 0 heterocycles. The molecule has 0 aliphatic heterocycles. The molecule has 0 aliphatic carbocycles. The van der Waals surface area contributed by atoms with Crippen molar-refractivity contribution >= 4 is 16.4 Å². The summed E-state index contributed by atoms with van der Waals surface area (Å²) in [6.07, 6.45) is 3.33. The fraction of sp³-hybridized carbons (Fsp3) is 0.909. The van der Waals surface area contributed by atoms with E-state index in [1.165, 1.54) is 6.34 Å². The summed E-state index contributed by atoms with van der Waals surface area (Å²) in [6.45, 7) is 4.19. The summed E-state index contributed by atoms with van der Waals surface area (Å²) >= 11 is 0. The van der Waals surface area contributed by atoms with E-state index in [9.17, 15) is 8.42 Å². The summed E-state index contributed by atoms with van der Waals surface area (Å²) in [7, 11) is 0.102. The lowest BCUT2D eigenvalue weighted by Gasteiger charge is -2.22. The Balaban J connectivity index is 4.12. The van der Waals surface area contributed by atoms with Gasteiger partial charge in [-0.3, -0.25) is 0 Å². The molecule has 0 saturated heterocycles. The third-order valence-corrected chi connectivity index (χ3v) is 3.70. The highest BCUT2D eigenvalue weighted by atomic mass is 32.2. The predicted octanol–water partition coefficient (Wildman–Crippen LogP) is 1.09. The smallest absolute Gasteiger partial charge is 0.254 e. The highest BCUT2D eigenvalue weighted by Crippen LogP contribution is 2.26. The fourth-order valence-electron chi connectivity index (χ4n) is 1.38. The third-order valence-electron chi connectivity index (χ3n) is 2.48. The Morgan fingerprint density at radius 1 is 1.29 bits per heavy atom. The minimum atomic E-state index is -3.35. The molecule has 0 aromatic carbocycles. The molecule has 1 N–H and O–H groups in total. The van der Waals surface area contributed by atoms with Crippen molar-refractivity contribution in [2.24, 2.45) is 9.81 Å². The van der Waals surface area contributed by atoms with Gasteiger partial charge in [-0.05, 0) is 24.7 Å². The average molecular weight is 264 g/mol. The summed E-state index contributed by atoms with van der Waals surface area (Å²) in [5, 5.41) is 8.86. The Labute approximate surface area is 105 Å². The minimum Gasteiger partial charge on any atom is -0.396 e. The Bertz CT molecular complexity index is 335. The molecule has 5 nitrogen and oxygen atoms in total. The van der Waals surface area contributed by atoms with E-state index in [1.807, 2.05) is 13.8 Å². The van der Waals surface area contributed by atoms with E-state index >= 15 is 0 Å². The fourth-order valence-corrected chi connectivity index (χ4v) is 2.33. The number of aliphatic hydroxyl groups excluding tert-OH is 1. The van der Waals surface area contributed by atoms with E-state index < -0.39 is 10.0 Å². The molecule has 0 radical (unpaired) electrons. The Morgan fingerprint density at radius 2 is 1.88 bits per heavy atom.